The van der Waals surface area contributed by atoms with Crippen LogP contribution >= 0.6 is 35.0 Å². The molecule has 0 radical (unpaired) electrons. The first-order chi connectivity index (χ1) is 8.93. The Morgan fingerprint density at radius 3 is 2.37 bits per heavy atom. The minimum Gasteiger partial charge on any atom is -0.480 e. The van der Waals surface area contributed by atoms with E-state index >= 15 is 0 Å². The maximum Gasteiger partial charge on any atom is 0.326 e. The first-order valence-corrected chi connectivity index (χ1v) is 7.57. The number of halogens is 2. The molecule has 1 amide bonds. The Bertz CT molecular complexity index is 462. The lowest BCUT2D eigenvalue weighted by Gasteiger charge is -2.14. The van der Waals surface area contributed by atoms with Crippen molar-refractivity contribution in [2.75, 3.05) is 12.0 Å². The molecule has 0 aliphatic rings. The number of amides is 1. The third-order valence-electron chi connectivity index (χ3n) is 2.34. The lowest BCUT2D eigenvalue weighted by atomic mass is 10.1. The maximum absolute atomic E-state index is 11.9. The van der Waals surface area contributed by atoms with Crippen LogP contribution in [0.1, 0.15) is 16.8 Å². The predicted octanol–water partition coefficient (Wildman–Crippen LogP) is 2.93. The zero-order valence-electron chi connectivity index (χ0n) is 10.2. The molecule has 0 aliphatic carbocycles. The molecule has 2 N–H and O–H groups in total. The molecular weight excluding hydrogens is 309 g/mol. The van der Waals surface area contributed by atoms with Gasteiger partial charge in [-0.25, -0.2) is 4.79 Å². The number of carboxylic acid groups (broad SMARTS) is 1. The highest BCUT2D eigenvalue weighted by Gasteiger charge is 2.20. The number of nitrogens with one attached hydrogen (secondary N) is 1. The summed E-state index contributed by atoms with van der Waals surface area (Å²) in [6.45, 7) is 0. The molecule has 104 valence electrons. The summed E-state index contributed by atoms with van der Waals surface area (Å²) in [5, 5.41) is 12.1. The Morgan fingerprint density at radius 2 is 1.89 bits per heavy atom. The summed E-state index contributed by atoms with van der Waals surface area (Å²) < 4.78 is 0. The SMILES string of the molecule is CSCCC(NC(=O)c1cc(Cl)cc(Cl)c1)C(=O)O. The van der Waals surface area contributed by atoms with Crippen LogP contribution in [0.3, 0.4) is 0 Å². The standard InChI is InChI=1S/C12H13Cl2NO3S/c1-19-3-2-10(12(17)18)15-11(16)7-4-8(13)6-9(14)5-7/h4-6,10H,2-3H2,1H3,(H,15,16)(H,17,18). The van der Waals surface area contributed by atoms with Gasteiger partial charge in [-0.1, -0.05) is 23.2 Å². The lowest BCUT2D eigenvalue weighted by molar-refractivity contribution is -0.139. The topological polar surface area (TPSA) is 66.4 Å². The minimum atomic E-state index is -1.06. The van der Waals surface area contributed by atoms with Gasteiger partial charge in [0.05, 0.1) is 0 Å². The van der Waals surface area contributed by atoms with Crippen molar-refractivity contribution in [3.05, 3.63) is 33.8 Å². The molecule has 7 heteroatoms. The van der Waals surface area contributed by atoms with E-state index < -0.39 is 17.9 Å². The third kappa shape index (κ3) is 5.30. The van der Waals surface area contributed by atoms with Crippen LogP contribution < -0.4 is 5.32 Å². The molecule has 19 heavy (non-hydrogen) atoms. The monoisotopic (exact) mass is 321 g/mol. The van der Waals surface area contributed by atoms with E-state index in [2.05, 4.69) is 5.32 Å². The zero-order valence-corrected chi connectivity index (χ0v) is 12.5. The van der Waals surface area contributed by atoms with E-state index in [0.29, 0.717) is 22.2 Å². The highest BCUT2D eigenvalue weighted by atomic mass is 35.5. The number of hydrogen-bond donors (Lipinski definition) is 2. The summed E-state index contributed by atoms with van der Waals surface area (Å²) in [6, 6.07) is 3.46. The summed E-state index contributed by atoms with van der Waals surface area (Å²) in [7, 11) is 0. The molecule has 0 aromatic heterocycles. The van der Waals surface area contributed by atoms with Crippen LogP contribution in [0.2, 0.25) is 10.0 Å². The van der Waals surface area contributed by atoms with E-state index in [-0.39, 0.29) is 5.56 Å². The number of carboxylic acids is 1. The van der Waals surface area contributed by atoms with Crippen LogP contribution in [-0.4, -0.2) is 35.0 Å². The molecule has 0 heterocycles. The Hall–Kier alpha value is -0.910. The summed E-state index contributed by atoms with van der Waals surface area (Å²) in [4.78, 5) is 23.0. The first kappa shape index (κ1) is 16.1. The molecule has 0 fully saturated rings. The van der Waals surface area contributed by atoms with Crippen LogP contribution in [0.5, 0.6) is 0 Å². The van der Waals surface area contributed by atoms with Gasteiger partial charge in [-0.3, -0.25) is 4.79 Å². The molecule has 0 saturated heterocycles. The minimum absolute atomic E-state index is 0.243. The highest BCUT2D eigenvalue weighted by Crippen LogP contribution is 2.19. The summed E-state index contributed by atoms with van der Waals surface area (Å²) in [5.74, 6) is -0.915. The van der Waals surface area contributed by atoms with Crippen LogP contribution in [0.4, 0.5) is 0 Å². The van der Waals surface area contributed by atoms with Gasteiger partial charge in [0.1, 0.15) is 6.04 Å². The van der Waals surface area contributed by atoms with Gasteiger partial charge >= 0.3 is 5.97 Å². The van der Waals surface area contributed by atoms with Crippen molar-refractivity contribution in [1.29, 1.82) is 0 Å². The summed E-state index contributed by atoms with van der Waals surface area (Å²) in [6.07, 6.45) is 2.23. The zero-order chi connectivity index (χ0) is 14.4. The Morgan fingerprint density at radius 1 is 1.32 bits per heavy atom. The molecule has 4 nitrogen and oxygen atoms in total. The van der Waals surface area contributed by atoms with Gasteiger partial charge < -0.3 is 10.4 Å². The van der Waals surface area contributed by atoms with Crippen LogP contribution in [0.15, 0.2) is 18.2 Å². The van der Waals surface area contributed by atoms with E-state index in [0.717, 1.165) is 0 Å². The number of benzene rings is 1. The van der Waals surface area contributed by atoms with Crippen molar-refractivity contribution in [3.63, 3.8) is 0 Å². The lowest BCUT2D eigenvalue weighted by Crippen LogP contribution is -2.41. The van der Waals surface area contributed by atoms with Gasteiger partial charge in [-0.05, 0) is 36.6 Å². The van der Waals surface area contributed by atoms with Crippen LogP contribution in [0.25, 0.3) is 0 Å². The van der Waals surface area contributed by atoms with Crippen molar-refractivity contribution in [2.24, 2.45) is 0 Å². The van der Waals surface area contributed by atoms with Crippen LogP contribution in [-0.2, 0) is 4.79 Å². The van der Waals surface area contributed by atoms with Crippen molar-refractivity contribution in [2.45, 2.75) is 12.5 Å². The quantitative estimate of drug-likeness (QED) is 0.845. The molecule has 1 aromatic rings. The number of carbonyl (C=O) groups is 2. The Balaban J connectivity index is 2.78. The number of aliphatic carboxylic acids is 1. The molecule has 1 unspecified atom stereocenters. The molecule has 0 aliphatic heterocycles. The smallest absolute Gasteiger partial charge is 0.326 e. The van der Waals surface area contributed by atoms with Gasteiger partial charge in [0.15, 0.2) is 0 Å². The number of rotatable bonds is 6. The first-order valence-electron chi connectivity index (χ1n) is 5.42. The van der Waals surface area contributed by atoms with Gasteiger partial charge in [-0.15, -0.1) is 0 Å². The van der Waals surface area contributed by atoms with Crippen LogP contribution in [0, 0.1) is 0 Å². The normalized spacial score (nSPS) is 11.9. The van der Waals surface area contributed by atoms with E-state index in [9.17, 15) is 9.59 Å². The molecule has 0 spiro atoms. The van der Waals surface area contributed by atoms with Gasteiger partial charge in [0, 0.05) is 15.6 Å². The average molecular weight is 322 g/mol. The molecule has 1 atom stereocenters. The fourth-order valence-electron chi connectivity index (χ4n) is 1.42. The maximum atomic E-state index is 11.9. The summed E-state index contributed by atoms with van der Waals surface area (Å²) >= 11 is 13.1. The molecule has 0 saturated carbocycles. The molecule has 1 aromatic carbocycles. The van der Waals surface area contributed by atoms with Gasteiger partial charge in [0.25, 0.3) is 5.91 Å². The Labute approximate surface area is 125 Å². The number of carbonyl (C=O) groups excluding carboxylic acids is 1. The summed E-state index contributed by atoms with van der Waals surface area (Å²) in [5.41, 5.74) is 0.243. The molecule has 1 rings (SSSR count). The predicted molar refractivity (Wildman–Crippen MR) is 78.4 cm³/mol. The second-order valence-corrected chi connectivity index (χ2v) is 5.66. The third-order valence-corrected chi connectivity index (χ3v) is 3.42. The fraction of sp³-hybridized carbons (Fsp3) is 0.333. The van der Waals surface area contributed by atoms with Gasteiger partial charge in [0.2, 0.25) is 0 Å². The fourth-order valence-corrected chi connectivity index (χ4v) is 2.42. The van der Waals surface area contributed by atoms with E-state index in [1.807, 2.05) is 6.26 Å². The van der Waals surface area contributed by atoms with Crippen molar-refractivity contribution in [3.8, 4) is 0 Å². The number of hydrogen-bond acceptors (Lipinski definition) is 3. The van der Waals surface area contributed by atoms with Crippen molar-refractivity contribution < 1.29 is 14.7 Å². The second kappa shape index (κ2) is 7.62. The highest BCUT2D eigenvalue weighted by molar-refractivity contribution is 7.98. The van der Waals surface area contributed by atoms with Crippen molar-refractivity contribution in [1.82, 2.24) is 5.32 Å². The largest absolute Gasteiger partial charge is 0.480 e. The second-order valence-electron chi connectivity index (χ2n) is 3.80. The Kier molecular flexibility index (Phi) is 6.48. The van der Waals surface area contributed by atoms with E-state index in [4.69, 9.17) is 28.3 Å². The van der Waals surface area contributed by atoms with E-state index in [1.54, 1.807) is 0 Å². The van der Waals surface area contributed by atoms with E-state index in [1.165, 1.54) is 30.0 Å². The van der Waals surface area contributed by atoms with Gasteiger partial charge in [-0.2, -0.15) is 11.8 Å². The average Bonchev–Trinajstić information content (AvgIpc) is 2.32. The molecular formula is C12H13Cl2NO3S. The van der Waals surface area contributed by atoms with Crippen molar-refractivity contribution >= 4 is 46.8 Å². The number of thioether (sulfide) groups is 1. The molecule has 0 bridgehead atoms.